The predicted molar refractivity (Wildman–Crippen MR) is 97.2 cm³/mol. The van der Waals surface area contributed by atoms with Crippen molar-refractivity contribution in [3.8, 4) is 0 Å². The van der Waals surface area contributed by atoms with Gasteiger partial charge in [0.1, 0.15) is 0 Å². The number of rotatable bonds is 9. The van der Waals surface area contributed by atoms with Crippen LogP contribution >= 0.6 is 0 Å². The molecule has 131 valence electrons. The summed E-state index contributed by atoms with van der Waals surface area (Å²) in [6.07, 6.45) is 16.8. The standard InChI is InChI=1S/C19H40N3/c1-22(16-10-14-20)17-11-15-21-18-19-12-8-6-4-2-3-5-7-9-13-19/h19-21H,2-18H2,1H3. The largest absolute Gasteiger partial charge is 0.316 e. The molecule has 3 heteroatoms. The van der Waals surface area contributed by atoms with E-state index in [2.05, 4.69) is 17.3 Å². The van der Waals surface area contributed by atoms with Gasteiger partial charge in [0.2, 0.25) is 0 Å². The first-order valence-electron chi connectivity index (χ1n) is 9.87. The lowest BCUT2D eigenvalue weighted by atomic mass is 9.95. The average Bonchev–Trinajstić information content (AvgIpc) is 2.58. The van der Waals surface area contributed by atoms with E-state index in [0.717, 1.165) is 32.0 Å². The van der Waals surface area contributed by atoms with Crippen LogP contribution < -0.4 is 11.1 Å². The fourth-order valence-electron chi connectivity index (χ4n) is 3.52. The Hall–Kier alpha value is -0.120. The molecule has 1 fully saturated rings. The Morgan fingerprint density at radius 2 is 1.41 bits per heavy atom. The lowest BCUT2D eigenvalue weighted by Gasteiger charge is -2.19. The molecule has 3 nitrogen and oxygen atoms in total. The van der Waals surface area contributed by atoms with Crippen LogP contribution in [0.5, 0.6) is 0 Å². The highest BCUT2D eigenvalue weighted by Crippen LogP contribution is 2.20. The molecule has 2 N–H and O–H groups in total. The SMILES string of the molecule is CN(CCC[NH])CCCNCC1CCCCCCCCCC1. The van der Waals surface area contributed by atoms with Crippen LogP contribution in [0.2, 0.25) is 0 Å². The van der Waals surface area contributed by atoms with Crippen LogP contribution in [0, 0.1) is 5.92 Å². The van der Waals surface area contributed by atoms with Gasteiger partial charge in [-0.05, 0) is 64.8 Å². The first kappa shape index (κ1) is 19.9. The topological polar surface area (TPSA) is 39.1 Å². The smallest absolute Gasteiger partial charge is 0.0112 e. The van der Waals surface area contributed by atoms with E-state index in [1.54, 1.807) is 0 Å². The molecule has 0 bridgehead atoms. The van der Waals surface area contributed by atoms with E-state index in [0.29, 0.717) is 6.54 Å². The van der Waals surface area contributed by atoms with Crippen molar-refractivity contribution in [2.24, 2.45) is 5.92 Å². The molecule has 1 saturated carbocycles. The summed E-state index contributed by atoms with van der Waals surface area (Å²) < 4.78 is 0. The number of hydrogen-bond donors (Lipinski definition) is 1. The zero-order valence-corrected chi connectivity index (χ0v) is 15.0. The number of hydrogen-bond acceptors (Lipinski definition) is 2. The Morgan fingerprint density at radius 3 is 2.00 bits per heavy atom. The quantitative estimate of drug-likeness (QED) is 0.651. The van der Waals surface area contributed by atoms with Crippen molar-refractivity contribution in [2.45, 2.75) is 77.0 Å². The molecule has 0 aromatic rings. The zero-order valence-electron chi connectivity index (χ0n) is 15.0. The average molecular weight is 311 g/mol. The van der Waals surface area contributed by atoms with Gasteiger partial charge in [0, 0.05) is 6.54 Å². The van der Waals surface area contributed by atoms with E-state index in [4.69, 9.17) is 5.73 Å². The lowest BCUT2D eigenvalue weighted by Crippen LogP contribution is -2.28. The highest BCUT2D eigenvalue weighted by Gasteiger charge is 2.09. The predicted octanol–water partition coefficient (Wildman–Crippen LogP) is 4.10. The molecule has 0 atom stereocenters. The van der Waals surface area contributed by atoms with E-state index in [1.807, 2.05) is 0 Å². The van der Waals surface area contributed by atoms with E-state index < -0.39 is 0 Å². The summed E-state index contributed by atoms with van der Waals surface area (Å²) in [5.74, 6) is 0.916. The van der Waals surface area contributed by atoms with Gasteiger partial charge in [-0.15, -0.1) is 0 Å². The minimum absolute atomic E-state index is 0.560. The fourth-order valence-corrected chi connectivity index (χ4v) is 3.52. The monoisotopic (exact) mass is 310 g/mol. The van der Waals surface area contributed by atoms with Gasteiger partial charge in [0.05, 0.1) is 0 Å². The van der Waals surface area contributed by atoms with Crippen molar-refractivity contribution in [1.82, 2.24) is 16.0 Å². The zero-order chi connectivity index (χ0) is 15.9. The first-order valence-corrected chi connectivity index (χ1v) is 9.87. The fraction of sp³-hybridized carbons (Fsp3) is 1.00. The molecule has 0 spiro atoms. The summed E-state index contributed by atoms with van der Waals surface area (Å²) >= 11 is 0. The van der Waals surface area contributed by atoms with E-state index >= 15 is 0 Å². The summed E-state index contributed by atoms with van der Waals surface area (Å²) in [5, 5.41) is 3.70. The molecule has 0 saturated heterocycles. The van der Waals surface area contributed by atoms with Crippen LogP contribution in [0.4, 0.5) is 0 Å². The highest BCUT2D eigenvalue weighted by molar-refractivity contribution is 4.65. The second-order valence-corrected chi connectivity index (χ2v) is 7.24. The van der Waals surface area contributed by atoms with Gasteiger partial charge in [-0.2, -0.15) is 0 Å². The summed E-state index contributed by atoms with van der Waals surface area (Å²) in [7, 11) is 2.18. The van der Waals surface area contributed by atoms with Gasteiger partial charge in [0.15, 0.2) is 0 Å². The first-order chi connectivity index (χ1) is 10.8. The third-order valence-corrected chi connectivity index (χ3v) is 5.02. The highest BCUT2D eigenvalue weighted by atomic mass is 15.1. The van der Waals surface area contributed by atoms with Crippen molar-refractivity contribution < 1.29 is 0 Å². The van der Waals surface area contributed by atoms with Crippen LogP contribution in [0.15, 0.2) is 0 Å². The third kappa shape index (κ3) is 11.4. The van der Waals surface area contributed by atoms with Gasteiger partial charge in [0.25, 0.3) is 0 Å². The van der Waals surface area contributed by atoms with Crippen LogP contribution in [0.1, 0.15) is 77.0 Å². The van der Waals surface area contributed by atoms with Gasteiger partial charge < -0.3 is 10.2 Å². The molecule has 1 aliphatic rings. The summed E-state index contributed by atoms with van der Waals surface area (Å²) in [5.41, 5.74) is 7.19. The second-order valence-electron chi connectivity index (χ2n) is 7.24. The molecule has 0 heterocycles. The summed E-state index contributed by atoms with van der Waals surface area (Å²) in [6, 6.07) is 0. The maximum Gasteiger partial charge on any atom is 0.0112 e. The molecule has 1 aliphatic carbocycles. The molecular weight excluding hydrogens is 270 g/mol. The normalized spacial score (nSPS) is 19.2. The molecule has 1 rings (SSSR count). The second kappa shape index (κ2) is 14.5. The van der Waals surface area contributed by atoms with Gasteiger partial charge in [-0.25, -0.2) is 0 Å². The Balaban J connectivity index is 2.05. The maximum absolute atomic E-state index is 7.19. The Labute approximate surface area is 139 Å². The Kier molecular flexibility index (Phi) is 13.1. The lowest BCUT2D eigenvalue weighted by molar-refractivity contribution is 0.319. The number of nitrogens with zero attached hydrogens (tertiary/aromatic N) is 1. The van der Waals surface area contributed by atoms with Gasteiger partial charge in [-0.1, -0.05) is 51.4 Å². The molecule has 0 amide bonds. The van der Waals surface area contributed by atoms with Crippen LogP contribution in [-0.2, 0) is 0 Å². The van der Waals surface area contributed by atoms with Crippen molar-refractivity contribution in [3.63, 3.8) is 0 Å². The molecular formula is C19H40N3. The molecule has 0 aliphatic heterocycles. The van der Waals surface area contributed by atoms with E-state index in [9.17, 15) is 0 Å². The van der Waals surface area contributed by atoms with Crippen molar-refractivity contribution in [1.29, 1.82) is 0 Å². The van der Waals surface area contributed by atoms with E-state index in [1.165, 1.54) is 77.2 Å². The van der Waals surface area contributed by atoms with Crippen molar-refractivity contribution in [2.75, 3.05) is 39.8 Å². The number of nitrogens with one attached hydrogen (secondary N) is 2. The minimum Gasteiger partial charge on any atom is -0.316 e. The molecule has 0 unspecified atom stereocenters. The third-order valence-electron chi connectivity index (χ3n) is 5.02. The van der Waals surface area contributed by atoms with Gasteiger partial charge in [-0.3, -0.25) is 5.73 Å². The molecule has 1 radical (unpaired) electrons. The summed E-state index contributed by atoms with van der Waals surface area (Å²) in [6.45, 7) is 5.19. The van der Waals surface area contributed by atoms with Crippen LogP contribution in [0.3, 0.4) is 0 Å². The molecule has 0 aromatic carbocycles. The van der Waals surface area contributed by atoms with Crippen molar-refractivity contribution >= 4 is 0 Å². The van der Waals surface area contributed by atoms with Crippen LogP contribution in [0.25, 0.3) is 0 Å². The minimum atomic E-state index is 0.560. The van der Waals surface area contributed by atoms with E-state index in [-0.39, 0.29) is 0 Å². The van der Waals surface area contributed by atoms with Crippen molar-refractivity contribution in [3.05, 3.63) is 0 Å². The Bertz CT molecular complexity index is 221. The Morgan fingerprint density at radius 1 is 0.864 bits per heavy atom. The molecule has 22 heavy (non-hydrogen) atoms. The summed E-state index contributed by atoms with van der Waals surface area (Å²) in [4.78, 5) is 2.36. The van der Waals surface area contributed by atoms with Crippen LogP contribution in [-0.4, -0.2) is 44.7 Å². The van der Waals surface area contributed by atoms with Gasteiger partial charge >= 0.3 is 0 Å². The molecule has 0 aromatic heterocycles. The maximum atomic E-state index is 7.19.